The molecule has 0 saturated carbocycles. The maximum absolute atomic E-state index is 12.1. The first-order valence-corrected chi connectivity index (χ1v) is 9.10. The molecule has 0 unspecified atom stereocenters. The lowest BCUT2D eigenvalue weighted by atomic mass is 9.92. The Bertz CT molecular complexity index is 867. The van der Waals surface area contributed by atoms with Crippen molar-refractivity contribution in [3.05, 3.63) is 52.9 Å². The standard InChI is InChI=1S/C18H21N5O2S/c1-18(2,3)14-10-15(25-23-14)21-16(24)22-17-20-11-13(26-17)5-4-12-6-8-19-9-7-12/h6-11H,4-5H2,1-3H3,(H2,20,21,22,24). The number of aryl methyl sites for hydroxylation is 2. The SMILES string of the molecule is CC(C)(C)c1cc(NC(=O)Nc2ncc(CCc3ccncc3)s2)on1. The maximum atomic E-state index is 12.1. The first-order valence-electron chi connectivity index (χ1n) is 8.29. The highest BCUT2D eigenvalue weighted by Gasteiger charge is 2.19. The Morgan fingerprint density at radius 2 is 1.96 bits per heavy atom. The van der Waals surface area contributed by atoms with E-state index in [1.807, 2.05) is 32.9 Å². The van der Waals surface area contributed by atoms with Crippen molar-refractivity contribution in [3.8, 4) is 0 Å². The molecule has 3 aromatic heterocycles. The van der Waals surface area contributed by atoms with E-state index in [0.717, 1.165) is 23.4 Å². The van der Waals surface area contributed by atoms with Crippen LogP contribution in [0.5, 0.6) is 0 Å². The van der Waals surface area contributed by atoms with Gasteiger partial charge in [-0.25, -0.2) is 9.78 Å². The minimum absolute atomic E-state index is 0.140. The second kappa shape index (κ2) is 7.65. The highest BCUT2D eigenvalue weighted by atomic mass is 32.1. The third-order valence-electron chi connectivity index (χ3n) is 3.70. The van der Waals surface area contributed by atoms with E-state index >= 15 is 0 Å². The molecule has 3 aromatic rings. The van der Waals surface area contributed by atoms with Crippen molar-refractivity contribution in [2.45, 2.75) is 39.0 Å². The Morgan fingerprint density at radius 1 is 1.19 bits per heavy atom. The summed E-state index contributed by atoms with van der Waals surface area (Å²) in [5.74, 6) is 0.307. The highest BCUT2D eigenvalue weighted by Crippen LogP contribution is 2.24. The number of amides is 2. The van der Waals surface area contributed by atoms with Crippen molar-refractivity contribution in [3.63, 3.8) is 0 Å². The predicted octanol–water partition coefficient (Wildman–Crippen LogP) is 4.25. The smallest absolute Gasteiger partial charge is 0.327 e. The number of thiazole rings is 1. The van der Waals surface area contributed by atoms with Crippen LogP contribution in [0.4, 0.5) is 15.8 Å². The fourth-order valence-corrected chi connectivity index (χ4v) is 3.03. The molecule has 136 valence electrons. The molecular formula is C18H21N5O2S. The van der Waals surface area contributed by atoms with Crippen molar-refractivity contribution in [1.82, 2.24) is 15.1 Å². The third kappa shape index (κ3) is 4.89. The Morgan fingerprint density at radius 3 is 2.65 bits per heavy atom. The molecule has 2 N–H and O–H groups in total. The number of hydrogen-bond acceptors (Lipinski definition) is 6. The van der Waals surface area contributed by atoms with Gasteiger partial charge in [0.15, 0.2) is 5.13 Å². The Balaban J connectivity index is 1.52. The van der Waals surface area contributed by atoms with Gasteiger partial charge in [-0.15, -0.1) is 11.3 Å². The van der Waals surface area contributed by atoms with Crippen LogP contribution >= 0.6 is 11.3 Å². The van der Waals surface area contributed by atoms with Crippen molar-refractivity contribution in [2.24, 2.45) is 0 Å². The molecule has 0 saturated heterocycles. The summed E-state index contributed by atoms with van der Waals surface area (Å²) in [5, 5.41) is 9.86. The summed E-state index contributed by atoms with van der Waals surface area (Å²) in [6.45, 7) is 6.08. The normalized spacial score (nSPS) is 11.3. The number of hydrogen-bond donors (Lipinski definition) is 2. The number of rotatable bonds is 5. The van der Waals surface area contributed by atoms with Crippen molar-refractivity contribution in [1.29, 1.82) is 0 Å². The van der Waals surface area contributed by atoms with E-state index in [-0.39, 0.29) is 5.41 Å². The Hall–Kier alpha value is -2.74. The van der Waals surface area contributed by atoms with Crippen molar-refractivity contribution >= 4 is 28.4 Å². The summed E-state index contributed by atoms with van der Waals surface area (Å²) < 4.78 is 5.15. The second-order valence-corrected chi connectivity index (χ2v) is 8.01. The Labute approximate surface area is 155 Å². The molecule has 0 aliphatic heterocycles. The van der Waals surface area contributed by atoms with Crippen LogP contribution in [0, 0.1) is 0 Å². The zero-order valence-electron chi connectivity index (χ0n) is 14.9. The number of urea groups is 1. The molecule has 0 aliphatic carbocycles. The minimum Gasteiger partial charge on any atom is -0.338 e. The largest absolute Gasteiger partial charge is 0.338 e. The van der Waals surface area contributed by atoms with E-state index in [1.165, 1.54) is 16.9 Å². The molecule has 0 bridgehead atoms. The van der Waals surface area contributed by atoms with E-state index in [1.54, 1.807) is 24.7 Å². The lowest BCUT2D eigenvalue weighted by molar-refractivity contribution is 0.261. The van der Waals surface area contributed by atoms with Gasteiger partial charge in [0.2, 0.25) is 5.88 Å². The predicted molar refractivity (Wildman–Crippen MR) is 102 cm³/mol. The molecule has 0 spiro atoms. The lowest BCUT2D eigenvalue weighted by Crippen LogP contribution is -2.19. The van der Waals surface area contributed by atoms with Crippen LogP contribution in [0.25, 0.3) is 0 Å². The lowest BCUT2D eigenvalue weighted by Gasteiger charge is -2.12. The minimum atomic E-state index is -0.406. The fourth-order valence-electron chi connectivity index (χ4n) is 2.23. The number of nitrogens with zero attached hydrogens (tertiary/aromatic N) is 3. The molecule has 7 nitrogen and oxygen atoms in total. The number of carbonyl (C=O) groups excluding carboxylic acids is 1. The molecule has 0 aromatic carbocycles. The van der Waals surface area contributed by atoms with Crippen molar-refractivity contribution < 1.29 is 9.32 Å². The monoisotopic (exact) mass is 371 g/mol. The summed E-state index contributed by atoms with van der Waals surface area (Å²) in [6, 6.07) is 5.31. The van der Waals surface area contributed by atoms with Gasteiger partial charge in [0, 0.05) is 34.9 Å². The average molecular weight is 371 g/mol. The summed E-state index contributed by atoms with van der Waals surface area (Å²) in [7, 11) is 0. The highest BCUT2D eigenvalue weighted by molar-refractivity contribution is 7.15. The maximum Gasteiger partial charge on any atom is 0.327 e. The number of pyridine rings is 1. The van der Waals surface area contributed by atoms with Gasteiger partial charge in [0.1, 0.15) is 0 Å². The van der Waals surface area contributed by atoms with E-state index in [4.69, 9.17) is 4.52 Å². The van der Waals surface area contributed by atoms with Crippen LogP contribution in [0.3, 0.4) is 0 Å². The summed E-state index contributed by atoms with van der Waals surface area (Å²) in [6.07, 6.45) is 7.13. The van der Waals surface area contributed by atoms with Crippen LogP contribution in [-0.2, 0) is 18.3 Å². The number of nitrogens with one attached hydrogen (secondary N) is 2. The molecule has 0 fully saturated rings. The van der Waals surface area contributed by atoms with Crippen LogP contribution < -0.4 is 10.6 Å². The van der Waals surface area contributed by atoms with E-state index < -0.39 is 6.03 Å². The number of carbonyl (C=O) groups is 1. The van der Waals surface area contributed by atoms with Gasteiger partial charge in [-0.1, -0.05) is 25.9 Å². The van der Waals surface area contributed by atoms with Crippen LogP contribution in [0.15, 0.2) is 41.3 Å². The molecule has 0 aliphatic rings. The molecule has 0 radical (unpaired) electrons. The zero-order valence-corrected chi connectivity index (χ0v) is 15.8. The molecule has 0 atom stereocenters. The van der Waals surface area contributed by atoms with Gasteiger partial charge in [0.25, 0.3) is 0 Å². The Kier molecular flexibility index (Phi) is 5.32. The average Bonchev–Trinajstić information content (AvgIpc) is 3.23. The number of anilines is 2. The van der Waals surface area contributed by atoms with Gasteiger partial charge in [-0.05, 0) is 30.5 Å². The van der Waals surface area contributed by atoms with Gasteiger partial charge < -0.3 is 4.52 Å². The first-order chi connectivity index (χ1) is 12.4. The molecule has 8 heteroatoms. The van der Waals surface area contributed by atoms with E-state index in [2.05, 4.69) is 25.8 Å². The molecular weight excluding hydrogens is 350 g/mol. The van der Waals surface area contributed by atoms with Gasteiger partial charge in [0.05, 0.1) is 5.69 Å². The zero-order chi connectivity index (χ0) is 18.6. The molecule has 3 heterocycles. The van der Waals surface area contributed by atoms with Gasteiger partial charge in [-0.2, -0.15) is 0 Å². The molecule has 2 amide bonds. The topological polar surface area (TPSA) is 92.9 Å². The molecule has 3 rings (SSSR count). The first kappa shape index (κ1) is 18.1. The van der Waals surface area contributed by atoms with E-state index in [9.17, 15) is 4.79 Å². The molecule has 26 heavy (non-hydrogen) atoms. The second-order valence-electron chi connectivity index (χ2n) is 6.89. The van der Waals surface area contributed by atoms with Crippen molar-refractivity contribution in [2.75, 3.05) is 10.6 Å². The summed E-state index contributed by atoms with van der Waals surface area (Å²) >= 11 is 1.46. The number of aromatic nitrogens is 3. The van der Waals surface area contributed by atoms with Gasteiger partial charge in [-0.3, -0.25) is 15.6 Å². The van der Waals surface area contributed by atoms with Crippen LogP contribution in [0.2, 0.25) is 0 Å². The third-order valence-corrected chi connectivity index (χ3v) is 4.67. The summed E-state index contributed by atoms with van der Waals surface area (Å²) in [4.78, 5) is 21.4. The van der Waals surface area contributed by atoms with Gasteiger partial charge >= 0.3 is 6.03 Å². The van der Waals surface area contributed by atoms with E-state index in [0.29, 0.717) is 11.0 Å². The summed E-state index contributed by atoms with van der Waals surface area (Å²) in [5.41, 5.74) is 1.86. The van der Waals surface area contributed by atoms with Crippen LogP contribution in [-0.4, -0.2) is 21.2 Å². The fraction of sp³-hybridized carbons (Fsp3) is 0.333. The van der Waals surface area contributed by atoms with Crippen LogP contribution in [0.1, 0.15) is 36.9 Å². The quantitative estimate of drug-likeness (QED) is 0.699.